The van der Waals surface area contributed by atoms with Crippen molar-refractivity contribution >= 4 is 11.9 Å². The van der Waals surface area contributed by atoms with Crippen LogP contribution in [-0.4, -0.2) is 17.5 Å². The molecule has 128 valence electrons. The molecule has 5 heteroatoms. The van der Waals surface area contributed by atoms with Gasteiger partial charge in [-0.25, -0.2) is 0 Å². The van der Waals surface area contributed by atoms with Crippen molar-refractivity contribution in [3.8, 4) is 17.2 Å². The van der Waals surface area contributed by atoms with E-state index in [2.05, 4.69) is 0 Å². The standard InChI is InChI=1S/C18H26O5/c1-11(2)16(19)21-14-9-8-13(23-18(5,6)7)10-15(14)22-17(20)12(3)4/h8-12H,1-7H3. The predicted molar refractivity (Wildman–Crippen MR) is 87.8 cm³/mol. The van der Waals surface area contributed by atoms with Crippen molar-refractivity contribution in [1.29, 1.82) is 0 Å². The van der Waals surface area contributed by atoms with Gasteiger partial charge in [0.1, 0.15) is 11.4 Å². The second-order valence-corrected chi connectivity index (χ2v) is 6.97. The molecule has 23 heavy (non-hydrogen) atoms. The third-order valence-electron chi connectivity index (χ3n) is 2.70. The van der Waals surface area contributed by atoms with Crippen LogP contribution in [0.15, 0.2) is 18.2 Å². The van der Waals surface area contributed by atoms with Gasteiger partial charge in [-0.3, -0.25) is 9.59 Å². The zero-order chi connectivity index (χ0) is 17.8. The van der Waals surface area contributed by atoms with Crippen molar-refractivity contribution in [2.24, 2.45) is 11.8 Å². The van der Waals surface area contributed by atoms with E-state index in [4.69, 9.17) is 14.2 Å². The van der Waals surface area contributed by atoms with Gasteiger partial charge in [-0.2, -0.15) is 0 Å². The Morgan fingerprint density at radius 1 is 0.870 bits per heavy atom. The minimum atomic E-state index is -0.403. The molecule has 1 aromatic carbocycles. The van der Waals surface area contributed by atoms with E-state index in [9.17, 15) is 9.59 Å². The smallest absolute Gasteiger partial charge is 0.313 e. The Hall–Kier alpha value is -2.04. The number of carbonyl (C=O) groups is 2. The lowest BCUT2D eigenvalue weighted by Gasteiger charge is -2.22. The molecule has 0 N–H and O–H groups in total. The highest BCUT2D eigenvalue weighted by Gasteiger charge is 2.20. The molecule has 0 aliphatic carbocycles. The molecule has 1 aromatic rings. The van der Waals surface area contributed by atoms with E-state index in [1.807, 2.05) is 20.8 Å². The summed E-state index contributed by atoms with van der Waals surface area (Å²) in [6.45, 7) is 12.7. The SMILES string of the molecule is CC(C)C(=O)Oc1ccc(OC(C)(C)C)cc1OC(=O)C(C)C. The lowest BCUT2D eigenvalue weighted by atomic mass is 10.2. The van der Waals surface area contributed by atoms with E-state index in [1.54, 1.807) is 45.9 Å². The predicted octanol–water partition coefficient (Wildman–Crippen LogP) is 3.99. The van der Waals surface area contributed by atoms with Crippen LogP contribution in [0.2, 0.25) is 0 Å². The van der Waals surface area contributed by atoms with Crippen molar-refractivity contribution in [2.75, 3.05) is 0 Å². The highest BCUT2D eigenvalue weighted by atomic mass is 16.6. The Balaban J connectivity index is 3.12. The van der Waals surface area contributed by atoms with Crippen molar-refractivity contribution in [3.05, 3.63) is 18.2 Å². The van der Waals surface area contributed by atoms with Crippen LogP contribution < -0.4 is 14.2 Å². The maximum Gasteiger partial charge on any atom is 0.313 e. The first kappa shape index (κ1) is 19.0. The van der Waals surface area contributed by atoms with Gasteiger partial charge in [-0.1, -0.05) is 27.7 Å². The molecule has 0 heterocycles. The summed E-state index contributed by atoms with van der Waals surface area (Å²) >= 11 is 0. The first-order chi connectivity index (χ1) is 10.5. The molecule has 0 saturated heterocycles. The largest absolute Gasteiger partial charge is 0.488 e. The zero-order valence-corrected chi connectivity index (χ0v) is 14.9. The summed E-state index contributed by atoms with van der Waals surface area (Å²) in [6.07, 6.45) is 0. The van der Waals surface area contributed by atoms with Gasteiger partial charge in [0.05, 0.1) is 11.8 Å². The molecular weight excluding hydrogens is 296 g/mol. The third-order valence-corrected chi connectivity index (χ3v) is 2.70. The fourth-order valence-corrected chi connectivity index (χ4v) is 1.52. The molecule has 0 atom stereocenters. The molecule has 0 spiro atoms. The van der Waals surface area contributed by atoms with Crippen molar-refractivity contribution in [2.45, 2.75) is 54.1 Å². The minimum Gasteiger partial charge on any atom is -0.488 e. The lowest BCUT2D eigenvalue weighted by molar-refractivity contribution is -0.140. The molecular formula is C18H26O5. The van der Waals surface area contributed by atoms with E-state index >= 15 is 0 Å². The van der Waals surface area contributed by atoms with Crippen LogP contribution in [0.4, 0.5) is 0 Å². The monoisotopic (exact) mass is 322 g/mol. The summed E-state index contributed by atoms with van der Waals surface area (Å²) in [7, 11) is 0. The van der Waals surface area contributed by atoms with Crippen LogP contribution in [-0.2, 0) is 9.59 Å². The highest BCUT2D eigenvalue weighted by molar-refractivity contribution is 5.78. The third kappa shape index (κ3) is 6.30. The van der Waals surface area contributed by atoms with Gasteiger partial charge in [-0.15, -0.1) is 0 Å². The fraction of sp³-hybridized carbons (Fsp3) is 0.556. The molecule has 0 aliphatic heterocycles. The van der Waals surface area contributed by atoms with Crippen molar-refractivity contribution in [3.63, 3.8) is 0 Å². The molecule has 0 radical (unpaired) electrons. The molecule has 0 unspecified atom stereocenters. The summed E-state index contributed by atoms with van der Waals surface area (Å²) < 4.78 is 16.4. The van der Waals surface area contributed by atoms with Gasteiger partial charge in [0, 0.05) is 6.07 Å². The fourth-order valence-electron chi connectivity index (χ4n) is 1.52. The number of hydrogen-bond donors (Lipinski definition) is 0. The molecule has 0 aromatic heterocycles. The Bertz CT molecular complexity index is 567. The summed E-state index contributed by atoms with van der Waals surface area (Å²) in [5, 5.41) is 0. The van der Waals surface area contributed by atoms with E-state index < -0.39 is 17.5 Å². The number of hydrogen-bond acceptors (Lipinski definition) is 5. The van der Waals surface area contributed by atoms with E-state index in [-0.39, 0.29) is 23.3 Å². The molecule has 0 fully saturated rings. The number of carbonyl (C=O) groups excluding carboxylic acids is 2. The molecule has 5 nitrogen and oxygen atoms in total. The van der Waals surface area contributed by atoms with Crippen LogP contribution >= 0.6 is 0 Å². The maximum absolute atomic E-state index is 11.9. The van der Waals surface area contributed by atoms with Crippen LogP contribution in [0.25, 0.3) is 0 Å². The van der Waals surface area contributed by atoms with Gasteiger partial charge < -0.3 is 14.2 Å². The summed E-state index contributed by atoms with van der Waals surface area (Å²) in [6, 6.07) is 4.82. The van der Waals surface area contributed by atoms with Crippen LogP contribution in [0, 0.1) is 11.8 Å². The Morgan fingerprint density at radius 3 is 1.78 bits per heavy atom. The molecule has 1 rings (SSSR count). The van der Waals surface area contributed by atoms with Gasteiger partial charge in [0.15, 0.2) is 11.5 Å². The Morgan fingerprint density at radius 2 is 1.35 bits per heavy atom. The molecule has 0 saturated carbocycles. The summed E-state index contributed by atoms with van der Waals surface area (Å²) in [5.74, 6) is -0.451. The van der Waals surface area contributed by atoms with Gasteiger partial charge in [0.25, 0.3) is 0 Å². The average Bonchev–Trinajstić information content (AvgIpc) is 2.39. The van der Waals surface area contributed by atoms with E-state index in [1.165, 1.54) is 0 Å². The average molecular weight is 322 g/mol. The quantitative estimate of drug-likeness (QED) is 0.606. The number of rotatable bonds is 5. The van der Waals surface area contributed by atoms with Crippen LogP contribution in [0.3, 0.4) is 0 Å². The van der Waals surface area contributed by atoms with E-state index in [0.717, 1.165) is 0 Å². The second-order valence-electron chi connectivity index (χ2n) is 6.97. The topological polar surface area (TPSA) is 61.8 Å². The Labute approximate surface area is 137 Å². The molecule has 0 aliphatic rings. The zero-order valence-electron chi connectivity index (χ0n) is 14.9. The summed E-state index contributed by atoms with van der Waals surface area (Å²) in [4.78, 5) is 23.7. The second kappa shape index (κ2) is 7.49. The van der Waals surface area contributed by atoms with Crippen LogP contribution in [0.5, 0.6) is 17.2 Å². The molecule has 0 bridgehead atoms. The normalized spacial score (nSPS) is 11.5. The van der Waals surface area contributed by atoms with Crippen molar-refractivity contribution < 1.29 is 23.8 Å². The molecule has 0 amide bonds. The number of esters is 2. The number of benzene rings is 1. The first-order valence-corrected chi connectivity index (χ1v) is 7.76. The van der Waals surface area contributed by atoms with Gasteiger partial charge >= 0.3 is 11.9 Å². The van der Waals surface area contributed by atoms with Crippen molar-refractivity contribution in [1.82, 2.24) is 0 Å². The first-order valence-electron chi connectivity index (χ1n) is 7.76. The summed E-state index contributed by atoms with van der Waals surface area (Å²) in [5.41, 5.74) is -0.393. The van der Waals surface area contributed by atoms with Gasteiger partial charge in [-0.05, 0) is 32.9 Å². The van der Waals surface area contributed by atoms with Crippen LogP contribution in [0.1, 0.15) is 48.5 Å². The van der Waals surface area contributed by atoms with E-state index in [0.29, 0.717) is 5.75 Å². The lowest BCUT2D eigenvalue weighted by Crippen LogP contribution is -2.23. The minimum absolute atomic E-state index is 0.180. The highest BCUT2D eigenvalue weighted by Crippen LogP contribution is 2.34. The van der Waals surface area contributed by atoms with Gasteiger partial charge in [0.2, 0.25) is 0 Å². The Kier molecular flexibility index (Phi) is 6.19. The number of ether oxygens (including phenoxy) is 3. The maximum atomic E-state index is 11.9.